The predicted molar refractivity (Wildman–Crippen MR) is 93.6 cm³/mol. The van der Waals surface area contributed by atoms with Crippen molar-refractivity contribution in [2.45, 2.75) is 19.9 Å². The summed E-state index contributed by atoms with van der Waals surface area (Å²) in [5.74, 6) is 1.15. The molecule has 2 aromatic carbocycles. The summed E-state index contributed by atoms with van der Waals surface area (Å²) in [6.45, 7) is 2.30. The lowest BCUT2D eigenvalue weighted by atomic mass is 10.1. The average molecular weight is 321 g/mol. The lowest BCUT2D eigenvalue weighted by Gasteiger charge is -2.07. The van der Waals surface area contributed by atoms with Crippen LogP contribution in [0.25, 0.3) is 11.3 Å². The van der Waals surface area contributed by atoms with Crippen LogP contribution in [0.1, 0.15) is 18.4 Å². The molecule has 0 aliphatic rings. The molecule has 1 heterocycles. The highest BCUT2D eigenvalue weighted by molar-refractivity contribution is 5.89. The molecular weight excluding hydrogens is 302 g/mol. The van der Waals surface area contributed by atoms with Gasteiger partial charge in [-0.25, -0.2) is 9.78 Å². The normalized spacial score (nSPS) is 10.4. The number of hydrogen-bond donors (Lipinski definition) is 2. The van der Waals surface area contributed by atoms with E-state index in [-0.39, 0.29) is 12.6 Å². The lowest BCUT2D eigenvalue weighted by molar-refractivity contribution is 0.250. The standard InChI is InChI=1S/C19H19N3O2/c1-2-14-7-6-10-16(11-14)22-19(23)21-13-18-20-12-17(24-18)15-8-4-3-5-9-15/h3-12H,2,13H2,1H3,(H2,21,22,23). The number of aromatic nitrogens is 1. The van der Waals surface area contributed by atoms with Gasteiger partial charge in [-0.15, -0.1) is 0 Å². The van der Waals surface area contributed by atoms with E-state index in [4.69, 9.17) is 4.42 Å². The molecule has 3 rings (SSSR count). The van der Waals surface area contributed by atoms with Crippen LogP contribution in [0.4, 0.5) is 10.5 Å². The first-order valence-corrected chi connectivity index (χ1v) is 7.88. The van der Waals surface area contributed by atoms with Gasteiger partial charge in [0.15, 0.2) is 5.76 Å². The Morgan fingerprint density at radius 2 is 1.96 bits per heavy atom. The fraction of sp³-hybridized carbons (Fsp3) is 0.158. The summed E-state index contributed by atoms with van der Waals surface area (Å²) in [6.07, 6.45) is 2.59. The number of nitrogens with one attached hydrogen (secondary N) is 2. The van der Waals surface area contributed by atoms with Gasteiger partial charge in [0.1, 0.15) is 0 Å². The van der Waals surface area contributed by atoms with Gasteiger partial charge in [0, 0.05) is 11.3 Å². The van der Waals surface area contributed by atoms with Crippen LogP contribution in [0.3, 0.4) is 0 Å². The van der Waals surface area contributed by atoms with Crippen molar-refractivity contribution in [3.05, 3.63) is 72.2 Å². The number of carbonyl (C=O) groups excluding carboxylic acids is 1. The topological polar surface area (TPSA) is 67.2 Å². The summed E-state index contributed by atoms with van der Waals surface area (Å²) in [4.78, 5) is 16.2. The fourth-order valence-electron chi connectivity index (χ4n) is 2.33. The van der Waals surface area contributed by atoms with E-state index >= 15 is 0 Å². The zero-order valence-electron chi connectivity index (χ0n) is 13.5. The number of benzene rings is 2. The number of aryl methyl sites for hydroxylation is 1. The number of amides is 2. The van der Waals surface area contributed by atoms with Crippen LogP contribution in [0.2, 0.25) is 0 Å². The first kappa shape index (κ1) is 15.8. The molecular formula is C19H19N3O2. The molecule has 0 spiro atoms. The molecule has 0 saturated heterocycles. The number of nitrogens with zero attached hydrogens (tertiary/aromatic N) is 1. The number of urea groups is 1. The van der Waals surface area contributed by atoms with E-state index in [1.807, 2.05) is 54.6 Å². The Hall–Kier alpha value is -3.08. The van der Waals surface area contributed by atoms with E-state index in [1.54, 1.807) is 6.20 Å². The zero-order chi connectivity index (χ0) is 16.8. The van der Waals surface area contributed by atoms with Crippen molar-refractivity contribution in [3.8, 4) is 11.3 Å². The molecule has 122 valence electrons. The minimum Gasteiger partial charge on any atom is -0.439 e. The maximum atomic E-state index is 12.0. The molecule has 0 radical (unpaired) electrons. The zero-order valence-corrected chi connectivity index (χ0v) is 13.5. The second kappa shape index (κ2) is 7.46. The van der Waals surface area contributed by atoms with E-state index in [0.717, 1.165) is 17.7 Å². The van der Waals surface area contributed by atoms with E-state index in [1.165, 1.54) is 5.56 Å². The first-order valence-electron chi connectivity index (χ1n) is 7.88. The number of rotatable bonds is 5. The Morgan fingerprint density at radius 1 is 1.12 bits per heavy atom. The highest BCUT2D eigenvalue weighted by Gasteiger charge is 2.08. The summed E-state index contributed by atoms with van der Waals surface area (Å²) in [6, 6.07) is 17.2. The molecule has 5 nitrogen and oxygen atoms in total. The molecule has 2 N–H and O–H groups in total. The molecule has 0 bridgehead atoms. The van der Waals surface area contributed by atoms with Crippen molar-refractivity contribution >= 4 is 11.7 Å². The quantitative estimate of drug-likeness (QED) is 0.739. The third kappa shape index (κ3) is 4.01. The molecule has 0 fully saturated rings. The van der Waals surface area contributed by atoms with Gasteiger partial charge in [-0.05, 0) is 24.1 Å². The Morgan fingerprint density at radius 3 is 2.75 bits per heavy atom. The van der Waals surface area contributed by atoms with E-state index in [9.17, 15) is 4.79 Å². The largest absolute Gasteiger partial charge is 0.439 e. The van der Waals surface area contributed by atoms with Gasteiger partial charge in [0.05, 0.1) is 12.7 Å². The van der Waals surface area contributed by atoms with E-state index < -0.39 is 0 Å². The molecule has 5 heteroatoms. The molecule has 0 unspecified atom stereocenters. The molecule has 0 atom stereocenters. The van der Waals surface area contributed by atoms with Gasteiger partial charge in [0.25, 0.3) is 0 Å². The van der Waals surface area contributed by atoms with Crippen molar-refractivity contribution in [1.82, 2.24) is 10.3 Å². The van der Waals surface area contributed by atoms with Crippen LogP contribution in [0, 0.1) is 0 Å². The SMILES string of the molecule is CCc1cccc(NC(=O)NCc2ncc(-c3ccccc3)o2)c1. The molecule has 2 amide bonds. The minimum atomic E-state index is -0.289. The molecule has 24 heavy (non-hydrogen) atoms. The lowest BCUT2D eigenvalue weighted by Crippen LogP contribution is -2.28. The van der Waals surface area contributed by atoms with Gasteiger partial charge in [-0.1, -0.05) is 49.4 Å². The second-order valence-corrected chi connectivity index (χ2v) is 5.35. The number of anilines is 1. The predicted octanol–water partition coefficient (Wildman–Crippen LogP) is 4.23. The molecule has 1 aromatic heterocycles. The van der Waals surface area contributed by atoms with Crippen LogP contribution < -0.4 is 10.6 Å². The van der Waals surface area contributed by atoms with Gasteiger partial charge >= 0.3 is 6.03 Å². The Balaban J connectivity index is 1.56. The van der Waals surface area contributed by atoms with Gasteiger partial charge in [-0.2, -0.15) is 0 Å². The van der Waals surface area contributed by atoms with Crippen molar-refractivity contribution in [1.29, 1.82) is 0 Å². The summed E-state index contributed by atoms with van der Waals surface area (Å²) < 4.78 is 5.65. The third-order valence-corrected chi connectivity index (χ3v) is 3.61. The number of oxazole rings is 1. The molecule has 3 aromatic rings. The Kier molecular flexibility index (Phi) is 4.91. The Labute approximate surface area is 140 Å². The monoisotopic (exact) mass is 321 g/mol. The van der Waals surface area contributed by atoms with Gasteiger partial charge in [-0.3, -0.25) is 0 Å². The molecule has 0 aliphatic carbocycles. The van der Waals surface area contributed by atoms with Crippen LogP contribution in [-0.4, -0.2) is 11.0 Å². The summed E-state index contributed by atoms with van der Waals surface area (Å²) in [7, 11) is 0. The van der Waals surface area contributed by atoms with Crippen LogP contribution in [0.15, 0.2) is 65.2 Å². The second-order valence-electron chi connectivity index (χ2n) is 5.35. The summed E-state index contributed by atoms with van der Waals surface area (Å²) in [5.41, 5.74) is 2.90. The summed E-state index contributed by atoms with van der Waals surface area (Å²) >= 11 is 0. The highest BCUT2D eigenvalue weighted by Crippen LogP contribution is 2.19. The smallest absolute Gasteiger partial charge is 0.319 e. The fourth-order valence-corrected chi connectivity index (χ4v) is 2.33. The van der Waals surface area contributed by atoms with Crippen LogP contribution in [0.5, 0.6) is 0 Å². The maximum Gasteiger partial charge on any atom is 0.319 e. The van der Waals surface area contributed by atoms with Crippen LogP contribution >= 0.6 is 0 Å². The van der Waals surface area contributed by atoms with Gasteiger partial charge in [0.2, 0.25) is 5.89 Å². The average Bonchev–Trinajstić information content (AvgIpc) is 3.10. The minimum absolute atomic E-state index is 0.228. The van der Waals surface area contributed by atoms with Crippen molar-refractivity contribution in [3.63, 3.8) is 0 Å². The van der Waals surface area contributed by atoms with Crippen LogP contribution in [-0.2, 0) is 13.0 Å². The van der Waals surface area contributed by atoms with Crippen molar-refractivity contribution in [2.24, 2.45) is 0 Å². The third-order valence-electron chi connectivity index (χ3n) is 3.61. The van der Waals surface area contributed by atoms with Crippen molar-refractivity contribution in [2.75, 3.05) is 5.32 Å². The number of carbonyl (C=O) groups is 1. The Bertz CT molecular complexity index is 812. The maximum absolute atomic E-state index is 12.0. The number of hydrogen-bond acceptors (Lipinski definition) is 3. The van der Waals surface area contributed by atoms with E-state index in [2.05, 4.69) is 22.5 Å². The molecule has 0 saturated carbocycles. The summed E-state index contributed by atoms with van der Waals surface area (Å²) in [5, 5.41) is 5.55. The molecule has 0 aliphatic heterocycles. The van der Waals surface area contributed by atoms with Gasteiger partial charge < -0.3 is 15.1 Å². The van der Waals surface area contributed by atoms with E-state index in [0.29, 0.717) is 11.7 Å². The highest BCUT2D eigenvalue weighted by atomic mass is 16.4. The van der Waals surface area contributed by atoms with Crippen molar-refractivity contribution < 1.29 is 9.21 Å². The first-order chi connectivity index (χ1) is 11.7.